The van der Waals surface area contributed by atoms with Crippen molar-refractivity contribution in [1.29, 1.82) is 0 Å². The second-order valence-electron chi connectivity index (χ2n) is 4.49. The van der Waals surface area contributed by atoms with E-state index in [-0.39, 0.29) is 12.4 Å². The van der Waals surface area contributed by atoms with Gasteiger partial charge < -0.3 is 9.84 Å². The van der Waals surface area contributed by atoms with E-state index in [1.807, 2.05) is 0 Å². The SMILES string of the molecule is COc1ccccc1C(NCc1ccccc1F)C(=O)O. The fourth-order valence-electron chi connectivity index (χ4n) is 2.09. The topological polar surface area (TPSA) is 58.6 Å². The number of para-hydroxylation sites is 1. The van der Waals surface area contributed by atoms with Crippen molar-refractivity contribution in [3.05, 3.63) is 65.5 Å². The third-order valence-corrected chi connectivity index (χ3v) is 3.15. The Morgan fingerprint density at radius 3 is 2.57 bits per heavy atom. The highest BCUT2D eigenvalue weighted by Crippen LogP contribution is 2.25. The number of aliphatic carboxylic acids is 1. The van der Waals surface area contributed by atoms with Gasteiger partial charge in [0.25, 0.3) is 0 Å². The Bertz CT molecular complexity index is 630. The zero-order chi connectivity index (χ0) is 15.2. The Morgan fingerprint density at radius 1 is 1.24 bits per heavy atom. The van der Waals surface area contributed by atoms with Crippen molar-refractivity contribution < 1.29 is 19.0 Å². The van der Waals surface area contributed by atoms with Crippen LogP contribution in [0, 0.1) is 5.82 Å². The molecule has 0 aliphatic rings. The lowest BCUT2D eigenvalue weighted by molar-refractivity contribution is -0.139. The number of ether oxygens (including phenoxy) is 1. The van der Waals surface area contributed by atoms with Crippen LogP contribution in [0.1, 0.15) is 17.2 Å². The minimum Gasteiger partial charge on any atom is -0.496 e. The van der Waals surface area contributed by atoms with Gasteiger partial charge in [-0.25, -0.2) is 4.39 Å². The molecule has 0 bridgehead atoms. The summed E-state index contributed by atoms with van der Waals surface area (Å²) in [5.41, 5.74) is 0.919. The van der Waals surface area contributed by atoms with E-state index in [0.717, 1.165) is 0 Å². The quantitative estimate of drug-likeness (QED) is 0.858. The van der Waals surface area contributed by atoms with Crippen molar-refractivity contribution in [3.8, 4) is 5.75 Å². The zero-order valence-corrected chi connectivity index (χ0v) is 11.5. The Morgan fingerprint density at radius 2 is 1.90 bits per heavy atom. The van der Waals surface area contributed by atoms with E-state index in [1.165, 1.54) is 13.2 Å². The maximum atomic E-state index is 13.6. The number of carbonyl (C=O) groups is 1. The van der Waals surface area contributed by atoms with Gasteiger partial charge in [-0.05, 0) is 12.1 Å². The molecular weight excluding hydrogens is 273 g/mol. The van der Waals surface area contributed by atoms with Gasteiger partial charge in [0.1, 0.15) is 17.6 Å². The molecule has 0 heterocycles. The van der Waals surface area contributed by atoms with Crippen LogP contribution in [0.2, 0.25) is 0 Å². The normalized spacial score (nSPS) is 11.9. The van der Waals surface area contributed by atoms with Crippen LogP contribution in [0.15, 0.2) is 48.5 Å². The van der Waals surface area contributed by atoms with Gasteiger partial charge in [-0.15, -0.1) is 0 Å². The standard InChI is InChI=1S/C16H16FNO3/c1-21-14-9-5-3-7-12(14)15(16(19)20)18-10-11-6-2-4-8-13(11)17/h2-9,15,18H,10H2,1H3,(H,19,20). The van der Waals surface area contributed by atoms with E-state index in [2.05, 4.69) is 5.32 Å². The molecule has 110 valence electrons. The molecule has 0 saturated heterocycles. The molecule has 2 aromatic carbocycles. The number of hydrogen-bond donors (Lipinski definition) is 2. The van der Waals surface area contributed by atoms with Gasteiger partial charge in [0.15, 0.2) is 0 Å². The van der Waals surface area contributed by atoms with Crippen molar-refractivity contribution in [2.75, 3.05) is 7.11 Å². The molecule has 0 fully saturated rings. The molecule has 2 aromatic rings. The van der Waals surface area contributed by atoms with Crippen LogP contribution in [-0.2, 0) is 11.3 Å². The Kier molecular flexibility index (Phi) is 4.90. The fourth-order valence-corrected chi connectivity index (χ4v) is 2.09. The molecule has 0 aliphatic carbocycles. The molecule has 0 saturated carbocycles. The van der Waals surface area contributed by atoms with E-state index < -0.39 is 12.0 Å². The van der Waals surface area contributed by atoms with Crippen molar-refractivity contribution in [3.63, 3.8) is 0 Å². The van der Waals surface area contributed by atoms with E-state index in [0.29, 0.717) is 16.9 Å². The van der Waals surface area contributed by atoms with E-state index in [1.54, 1.807) is 42.5 Å². The number of carboxylic acid groups (broad SMARTS) is 1. The molecule has 4 nitrogen and oxygen atoms in total. The van der Waals surface area contributed by atoms with Gasteiger partial charge in [0, 0.05) is 17.7 Å². The van der Waals surface area contributed by atoms with Crippen LogP contribution in [0.4, 0.5) is 4.39 Å². The van der Waals surface area contributed by atoms with Gasteiger partial charge in [-0.1, -0.05) is 36.4 Å². The number of carboxylic acids is 1. The second-order valence-corrected chi connectivity index (χ2v) is 4.49. The predicted octanol–water partition coefficient (Wildman–Crippen LogP) is 2.75. The molecule has 0 spiro atoms. The third-order valence-electron chi connectivity index (χ3n) is 3.15. The molecule has 1 atom stereocenters. The summed E-state index contributed by atoms with van der Waals surface area (Å²) in [6.07, 6.45) is 0. The number of benzene rings is 2. The molecule has 21 heavy (non-hydrogen) atoms. The highest BCUT2D eigenvalue weighted by atomic mass is 19.1. The first-order valence-corrected chi connectivity index (χ1v) is 6.46. The molecule has 5 heteroatoms. The van der Waals surface area contributed by atoms with E-state index in [4.69, 9.17) is 4.74 Å². The van der Waals surface area contributed by atoms with Crippen LogP contribution in [0.5, 0.6) is 5.75 Å². The second kappa shape index (κ2) is 6.85. The van der Waals surface area contributed by atoms with Crippen molar-refractivity contribution >= 4 is 5.97 Å². The molecular formula is C16H16FNO3. The maximum absolute atomic E-state index is 13.6. The van der Waals surface area contributed by atoms with Gasteiger partial charge in [-0.2, -0.15) is 0 Å². The van der Waals surface area contributed by atoms with Crippen molar-refractivity contribution in [2.45, 2.75) is 12.6 Å². The first-order valence-electron chi connectivity index (χ1n) is 6.46. The first-order chi connectivity index (χ1) is 10.1. The maximum Gasteiger partial charge on any atom is 0.325 e. The van der Waals surface area contributed by atoms with Crippen LogP contribution in [-0.4, -0.2) is 18.2 Å². The lowest BCUT2D eigenvalue weighted by Gasteiger charge is -2.17. The number of methoxy groups -OCH3 is 1. The van der Waals surface area contributed by atoms with Crippen LogP contribution in [0.3, 0.4) is 0 Å². The third kappa shape index (κ3) is 3.58. The van der Waals surface area contributed by atoms with Gasteiger partial charge in [0.05, 0.1) is 7.11 Å². The average molecular weight is 289 g/mol. The summed E-state index contributed by atoms with van der Waals surface area (Å²) in [4.78, 5) is 11.5. The van der Waals surface area contributed by atoms with Crippen molar-refractivity contribution in [2.24, 2.45) is 0 Å². The summed E-state index contributed by atoms with van der Waals surface area (Å²) in [7, 11) is 1.48. The summed E-state index contributed by atoms with van der Waals surface area (Å²) >= 11 is 0. The fraction of sp³-hybridized carbons (Fsp3) is 0.188. The van der Waals surface area contributed by atoms with Gasteiger partial charge in [-0.3, -0.25) is 10.1 Å². The Hall–Kier alpha value is -2.40. The molecule has 0 aromatic heterocycles. The van der Waals surface area contributed by atoms with Gasteiger partial charge >= 0.3 is 5.97 Å². The molecule has 2 rings (SSSR count). The van der Waals surface area contributed by atoms with Crippen LogP contribution < -0.4 is 10.1 Å². The zero-order valence-electron chi connectivity index (χ0n) is 11.5. The largest absolute Gasteiger partial charge is 0.496 e. The monoisotopic (exact) mass is 289 g/mol. The Labute approximate surface area is 122 Å². The summed E-state index contributed by atoms with van der Waals surface area (Å²) in [6, 6.07) is 12.1. The Balaban J connectivity index is 2.21. The average Bonchev–Trinajstić information content (AvgIpc) is 2.49. The number of nitrogens with one attached hydrogen (secondary N) is 1. The summed E-state index contributed by atoms with van der Waals surface area (Å²) in [5.74, 6) is -0.934. The van der Waals surface area contributed by atoms with E-state index >= 15 is 0 Å². The number of halogens is 1. The highest BCUT2D eigenvalue weighted by Gasteiger charge is 2.22. The summed E-state index contributed by atoms with van der Waals surface area (Å²) in [6.45, 7) is 0.113. The molecule has 0 radical (unpaired) electrons. The number of rotatable bonds is 6. The molecule has 0 aliphatic heterocycles. The molecule has 1 unspecified atom stereocenters. The van der Waals surface area contributed by atoms with Crippen molar-refractivity contribution in [1.82, 2.24) is 5.32 Å². The smallest absolute Gasteiger partial charge is 0.325 e. The minimum atomic E-state index is -1.05. The lowest BCUT2D eigenvalue weighted by atomic mass is 10.1. The number of hydrogen-bond acceptors (Lipinski definition) is 3. The highest BCUT2D eigenvalue weighted by molar-refractivity contribution is 5.76. The van der Waals surface area contributed by atoms with Crippen LogP contribution >= 0.6 is 0 Å². The van der Waals surface area contributed by atoms with E-state index in [9.17, 15) is 14.3 Å². The van der Waals surface area contributed by atoms with Gasteiger partial charge in [0.2, 0.25) is 0 Å². The minimum absolute atomic E-state index is 0.113. The predicted molar refractivity (Wildman–Crippen MR) is 76.6 cm³/mol. The first kappa shape index (κ1) is 15.0. The lowest BCUT2D eigenvalue weighted by Crippen LogP contribution is -2.28. The molecule has 0 amide bonds. The summed E-state index contributed by atoms with van der Waals surface area (Å²) in [5, 5.41) is 12.2. The van der Waals surface area contributed by atoms with Crippen LogP contribution in [0.25, 0.3) is 0 Å². The summed E-state index contributed by atoms with van der Waals surface area (Å²) < 4.78 is 18.8. The molecule has 2 N–H and O–H groups in total.